The van der Waals surface area contributed by atoms with Crippen molar-refractivity contribution in [3.05, 3.63) is 82.8 Å². The van der Waals surface area contributed by atoms with Crippen molar-refractivity contribution in [1.29, 1.82) is 0 Å². The Balaban J connectivity index is 1.49. The van der Waals surface area contributed by atoms with Gasteiger partial charge in [0.2, 0.25) is 5.95 Å². The number of carbonyl (C=O) groups is 1. The van der Waals surface area contributed by atoms with Crippen molar-refractivity contribution in [2.24, 2.45) is 5.92 Å². The predicted octanol–water partition coefficient (Wildman–Crippen LogP) is 5.14. The lowest BCUT2D eigenvalue weighted by molar-refractivity contribution is -0.145. The fourth-order valence-corrected chi connectivity index (χ4v) is 4.32. The number of alkyl halides is 3. The van der Waals surface area contributed by atoms with Crippen LogP contribution in [0.15, 0.2) is 65.9 Å². The summed E-state index contributed by atoms with van der Waals surface area (Å²) in [5.41, 5.74) is 2.71. The van der Waals surface area contributed by atoms with E-state index >= 15 is 0 Å². The Hall–Kier alpha value is -3.62. The quantitative estimate of drug-likeness (QED) is 0.591. The molecule has 2 aliphatic rings. The van der Waals surface area contributed by atoms with E-state index in [9.17, 15) is 18.0 Å². The number of nitrogens with zero attached hydrogens (tertiary/aromatic N) is 3. The highest BCUT2D eigenvalue weighted by Gasteiger charge is 2.42. The summed E-state index contributed by atoms with van der Waals surface area (Å²) in [5.74, 6) is -0.644. The van der Waals surface area contributed by atoms with E-state index in [0.29, 0.717) is 42.0 Å². The van der Waals surface area contributed by atoms with Gasteiger partial charge in [-0.3, -0.25) is 4.79 Å². The van der Waals surface area contributed by atoms with Gasteiger partial charge >= 0.3 is 6.18 Å². The SMILES string of the molecule is C[C@@H]1CC(=O)C2=C(C1)Nc1nc(C(F)(F)F)nn1[C@@H]2c1ccc(OCc2ccccc2)cc1. The number of anilines is 1. The fourth-order valence-electron chi connectivity index (χ4n) is 4.32. The Morgan fingerprint density at radius 2 is 1.82 bits per heavy atom. The monoisotopic (exact) mass is 454 g/mol. The zero-order valence-corrected chi connectivity index (χ0v) is 17.8. The summed E-state index contributed by atoms with van der Waals surface area (Å²) in [7, 11) is 0. The number of benzene rings is 2. The van der Waals surface area contributed by atoms with Crippen LogP contribution in [0.4, 0.5) is 19.1 Å². The standard InChI is InChI=1S/C24H21F3N4O2/c1-14-11-18-20(19(32)12-14)21(31-23(28-18)29-22(30-31)24(25,26)27)16-7-9-17(10-8-16)33-13-15-5-3-2-4-6-15/h2-10,14,21H,11-13H2,1H3,(H,28,29,30)/t14-,21+/m0/s1. The number of Topliss-reactive ketones (excluding diaryl/α,β-unsaturated/α-hetero) is 1. The van der Waals surface area contributed by atoms with Crippen LogP contribution in [-0.4, -0.2) is 20.5 Å². The topological polar surface area (TPSA) is 69.0 Å². The smallest absolute Gasteiger partial charge is 0.453 e. The third kappa shape index (κ3) is 4.10. The van der Waals surface area contributed by atoms with Crippen molar-refractivity contribution in [1.82, 2.24) is 14.8 Å². The molecule has 0 saturated carbocycles. The number of fused-ring (bicyclic) bond motifs is 1. The molecule has 5 rings (SSSR count). The van der Waals surface area contributed by atoms with E-state index in [0.717, 1.165) is 10.2 Å². The van der Waals surface area contributed by atoms with Gasteiger partial charge in [-0.25, -0.2) is 4.68 Å². The number of halogens is 3. The second kappa shape index (κ2) is 8.06. The highest BCUT2D eigenvalue weighted by Crippen LogP contribution is 2.42. The average Bonchev–Trinajstić information content (AvgIpc) is 3.22. The number of allylic oxidation sites excluding steroid dienone is 2. The number of ether oxygens (including phenoxy) is 1. The maximum atomic E-state index is 13.3. The number of nitrogens with one attached hydrogen (secondary N) is 1. The van der Waals surface area contributed by atoms with Crippen LogP contribution >= 0.6 is 0 Å². The molecule has 0 spiro atoms. The van der Waals surface area contributed by atoms with Gasteiger partial charge in [0.15, 0.2) is 5.78 Å². The molecular weight excluding hydrogens is 433 g/mol. The molecule has 170 valence electrons. The van der Waals surface area contributed by atoms with E-state index < -0.39 is 18.0 Å². The highest BCUT2D eigenvalue weighted by molar-refractivity contribution is 5.99. The Labute approximate surface area is 188 Å². The molecule has 33 heavy (non-hydrogen) atoms. The molecule has 9 heteroatoms. The van der Waals surface area contributed by atoms with E-state index in [2.05, 4.69) is 15.4 Å². The molecule has 0 radical (unpaired) electrons. The molecule has 0 bridgehead atoms. The van der Waals surface area contributed by atoms with E-state index in [1.807, 2.05) is 37.3 Å². The molecule has 2 atom stereocenters. The lowest BCUT2D eigenvalue weighted by Gasteiger charge is -2.34. The lowest BCUT2D eigenvalue weighted by atomic mass is 9.81. The van der Waals surface area contributed by atoms with Crippen molar-refractivity contribution in [3.8, 4) is 5.75 Å². The molecule has 0 fully saturated rings. The minimum absolute atomic E-state index is 0.0163. The van der Waals surface area contributed by atoms with Gasteiger partial charge in [-0.1, -0.05) is 49.4 Å². The zero-order valence-electron chi connectivity index (χ0n) is 17.8. The van der Waals surface area contributed by atoms with Crippen molar-refractivity contribution in [3.63, 3.8) is 0 Å². The molecule has 0 unspecified atom stereocenters. The molecule has 2 aromatic carbocycles. The minimum Gasteiger partial charge on any atom is -0.489 e. The summed E-state index contributed by atoms with van der Waals surface area (Å²) >= 11 is 0. The van der Waals surface area contributed by atoms with Gasteiger partial charge < -0.3 is 10.1 Å². The Bertz CT molecular complexity index is 1220. The largest absolute Gasteiger partial charge is 0.489 e. The fraction of sp³-hybridized carbons (Fsp3) is 0.292. The Morgan fingerprint density at radius 1 is 1.09 bits per heavy atom. The molecule has 1 N–H and O–H groups in total. The van der Waals surface area contributed by atoms with E-state index in [1.165, 1.54) is 0 Å². The number of ketones is 1. The molecule has 2 heterocycles. The third-order valence-corrected chi connectivity index (χ3v) is 5.82. The summed E-state index contributed by atoms with van der Waals surface area (Å²) in [6, 6.07) is 15.9. The summed E-state index contributed by atoms with van der Waals surface area (Å²) in [5, 5.41) is 6.65. The Morgan fingerprint density at radius 3 is 2.52 bits per heavy atom. The van der Waals surface area contributed by atoms with Crippen molar-refractivity contribution in [2.75, 3.05) is 5.32 Å². The summed E-state index contributed by atoms with van der Waals surface area (Å²) in [6.45, 7) is 2.33. The van der Waals surface area contributed by atoms with Crippen LogP contribution in [0.3, 0.4) is 0 Å². The number of carbonyl (C=O) groups excluding carboxylic acids is 1. The van der Waals surface area contributed by atoms with Gasteiger partial charge in [0.1, 0.15) is 18.4 Å². The summed E-state index contributed by atoms with van der Waals surface area (Å²) in [6.07, 6.45) is -3.79. The van der Waals surface area contributed by atoms with Gasteiger partial charge in [-0.2, -0.15) is 18.2 Å². The second-order valence-electron chi connectivity index (χ2n) is 8.40. The Kier molecular flexibility index (Phi) is 5.19. The van der Waals surface area contributed by atoms with E-state index in [-0.39, 0.29) is 17.6 Å². The first kappa shape index (κ1) is 21.2. The maximum absolute atomic E-state index is 13.3. The van der Waals surface area contributed by atoms with Crippen LogP contribution in [-0.2, 0) is 17.6 Å². The molecule has 1 aliphatic carbocycles. The molecular formula is C24H21F3N4O2. The number of hydrogen-bond donors (Lipinski definition) is 1. The van der Waals surface area contributed by atoms with E-state index in [1.54, 1.807) is 24.3 Å². The molecule has 0 saturated heterocycles. The van der Waals surface area contributed by atoms with Crippen LogP contribution in [0.1, 0.15) is 42.8 Å². The maximum Gasteiger partial charge on any atom is 0.453 e. The predicted molar refractivity (Wildman–Crippen MR) is 114 cm³/mol. The van der Waals surface area contributed by atoms with Crippen LogP contribution in [0.5, 0.6) is 5.75 Å². The number of hydrogen-bond acceptors (Lipinski definition) is 5. The summed E-state index contributed by atoms with van der Waals surface area (Å²) < 4.78 is 47.0. The van der Waals surface area contributed by atoms with Crippen LogP contribution in [0.25, 0.3) is 0 Å². The first-order chi connectivity index (χ1) is 15.8. The number of rotatable bonds is 4. The van der Waals surface area contributed by atoms with Gasteiger partial charge in [-0.05, 0) is 35.6 Å². The first-order valence-electron chi connectivity index (χ1n) is 10.6. The second-order valence-corrected chi connectivity index (χ2v) is 8.40. The molecule has 3 aromatic rings. The van der Waals surface area contributed by atoms with Crippen LogP contribution < -0.4 is 10.1 Å². The van der Waals surface area contributed by atoms with E-state index in [4.69, 9.17) is 4.74 Å². The van der Waals surface area contributed by atoms with Crippen molar-refractivity contribution < 1.29 is 22.7 Å². The molecule has 1 aromatic heterocycles. The highest BCUT2D eigenvalue weighted by atomic mass is 19.4. The normalized spacial score (nSPS) is 20.2. The minimum atomic E-state index is -4.69. The van der Waals surface area contributed by atoms with Crippen molar-refractivity contribution in [2.45, 2.75) is 38.6 Å². The van der Waals surface area contributed by atoms with Gasteiger partial charge in [0.05, 0.1) is 0 Å². The third-order valence-electron chi connectivity index (χ3n) is 5.82. The molecule has 1 aliphatic heterocycles. The molecule has 6 nitrogen and oxygen atoms in total. The van der Waals surface area contributed by atoms with Gasteiger partial charge in [0.25, 0.3) is 5.82 Å². The van der Waals surface area contributed by atoms with Crippen LogP contribution in [0.2, 0.25) is 0 Å². The van der Waals surface area contributed by atoms with Crippen molar-refractivity contribution >= 4 is 11.7 Å². The van der Waals surface area contributed by atoms with Crippen LogP contribution in [0, 0.1) is 5.92 Å². The molecule has 0 amide bonds. The summed E-state index contributed by atoms with van der Waals surface area (Å²) in [4.78, 5) is 16.6. The average molecular weight is 454 g/mol. The zero-order chi connectivity index (χ0) is 23.2. The van der Waals surface area contributed by atoms with Gasteiger partial charge in [-0.15, -0.1) is 5.10 Å². The van der Waals surface area contributed by atoms with Gasteiger partial charge in [0, 0.05) is 17.7 Å². The first-order valence-corrected chi connectivity index (χ1v) is 10.6. The number of aromatic nitrogens is 3. The lowest BCUT2D eigenvalue weighted by Crippen LogP contribution is -2.33.